The zero-order valence-electron chi connectivity index (χ0n) is 38.4. The standard InChI is InChI=1S/C49H61BrN11O4P/c1-5-33-28-41(55-49-53-30-38(50)47(57-49)54-40-12-11-39-45(52-19-18-51-39)46(40)66(3,4)64)43(65-2)29-42(33)61-22-16-36(17-23-61)60-26-24-58(25-27-60)31-32-14-20-59(21-15-32)35-8-6-34(7-9-35)37-10-13-44(62)56-48(37)63/h6-9,11-12,18-19,28-30,32,36-37H,5,10,13-17,20-27,31H2,1-4H3,(H,56,62,63)(H2,53,54,55,57). The number of ether oxygens (including phenoxy) is 1. The van der Waals surface area contributed by atoms with Crippen LogP contribution < -0.4 is 35.8 Å². The van der Waals surface area contributed by atoms with Gasteiger partial charge in [-0.2, -0.15) is 4.98 Å². The highest BCUT2D eigenvalue weighted by Gasteiger charge is 2.32. The average molecular weight is 979 g/mol. The molecule has 1 atom stereocenters. The number of benzene rings is 3. The van der Waals surface area contributed by atoms with Gasteiger partial charge in [0, 0.05) is 107 Å². The second-order valence-corrected chi connectivity index (χ2v) is 22.5. The fraction of sp³-hybridized carbons (Fsp3) is 0.469. The molecule has 6 heterocycles. The van der Waals surface area contributed by atoms with E-state index in [1.165, 1.54) is 36.3 Å². The summed E-state index contributed by atoms with van der Waals surface area (Å²) in [5, 5.41) is 9.92. The Hall–Kier alpha value is -5.15. The van der Waals surface area contributed by atoms with E-state index < -0.39 is 7.14 Å². The monoisotopic (exact) mass is 977 g/mol. The fourth-order valence-corrected chi connectivity index (χ4v) is 12.0. The van der Waals surface area contributed by atoms with Gasteiger partial charge in [-0.3, -0.25) is 29.8 Å². The summed E-state index contributed by atoms with van der Waals surface area (Å²) in [5.74, 6) is 1.77. The Morgan fingerprint density at radius 1 is 0.833 bits per heavy atom. The van der Waals surface area contributed by atoms with Crippen LogP contribution in [-0.2, 0) is 20.6 Å². The number of hydrogen-bond donors (Lipinski definition) is 3. The summed E-state index contributed by atoms with van der Waals surface area (Å²) in [6.07, 6.45) is 11.5. The first-order valence-corrected chi connectivity index (χ1v) is 26.8. The van der Waals surface area contributed by atoms with E-state index in [-0.39, 0.29) is 17.7 Å². The Morgan fingerprint density at radius 2 is 1.56 bits per heavy atom. The molecule has 17 heteroatoms. The number of nitrogens with one attached hydrogen (secondary N) is 3. The summed E-state index contributed by atoms with van der Waals surface area (Å²) >= 11 is 3.61. The van der Waals surface area contributed by atoms with Crippen molar-refractivity contribution >= 4 is 85.7 Å². The summed E-state index contributed by atoms with van der Waals surface area (Å²) in [5.41, 5.74) is 7.39. The topological polar surface area (TPSA) is 161 Å². The van der Waals surface area contributed by atoms with Crippen molar-refractivity contribution in [3.8, 4) is 5.75 Å². The van der Waals surface area contributed by atoms with Crippen LogP contribution in [0.25, 0.3) is 11.0 Å². The van der Waals surface area contributed by atoms with E-state index in [0.29, 0.717) is 63.1 Å². The van der Waals surface area contributed by atoms with E-state index in [2.05, 4.69) is 110 Å². The lowest BCUT2D eigenvalue weighted by Crippen LogP contribution is -2.54. The number of rotatable bonds is 13. The van der Waals surface area contributed by atoms with Gasteiger partial charge in [0.15, 0.2) is 0 Å². The number of piperidine rings is 3. The molecule has 2 aromatic heterocycles. The summed E-state index contributed by atoms with van der Waals surface area (Å²) in [7, 11) is -1.07. The summed E-state index contributed by atoms with van der Waals surface area (Å²) in [4.78, 5) is 52.7. The number of hydrogen-bond acceptors (Lipinski definition) is 14. The van der Waals surface area contributed by atoms with E-state index in [4.69, 9.17) is 9.72 Å². The minimum Gasteiger partial charge on any atom is -0.494 e. The second-order valence-electron chi connectivity index (χ2n) is 18.5. The van der Waals surface area contributed by atoms with Crippen LogP contribution in [0.5, 0.6) is 5.75 Å². The Labute approximate surface area is 396 Å². The summed E-state index contributed by atoms with van der Waals surface area (Å²) < 4.78 is 20.2. The van der Waals surface area contributed by atoms with Gasteiger partial charge in [0.1, 0.15) is 24.2 Å². The Morgan fingerprint density at radius 3 is 2.26 bits per heavy atom. The quantitative estimate of drug-likeness (QED) is 0.0786. The number of methoxy groups -OCH3 is 1. The predicted molar refractivity (Wildman–Crippen MR) is 267 cm³/mol. The zero-order chi connectivity index (χ0) is 46.0. The lowest BCUT2D eigenvalue weighted by Gasteiger charge is -2.44. The van der Waals surface area contributed by atoms with Crippen LogP contribution >= 0.6 is 23.1 Å². The first-order chi connectivity index (χ1) is 31.9. The van der Waals surface area contributed by atoms with Gasteiger partial charge in [0.25, 0.3) is 0 Å². The summed E-state index contributed by atoms with van der Waals surface area (Å²) in [6, 6.07) is 17.1. The van der Waals surface area contributed by atoms with E-state index in [1.54, 1.807) is 39.0 Å². The van der Waals surface area contributed by atoms with Gasteiger partial charge < -0.3 is 34.6 Å². The normalized spacial score (nSPS) is 19.6. The molecule has 9 rings (SSSR count). The molecule has 1 unspecified atom stereocenters. The van der Waals surface area contributed by atoms with Crippen molar-refractivity contribution in [2.45, 2.75) is 63.8 Å². The number of nitrogens with zero attached hydrogens (tertiary/aromatic N) is 8. The van der Waals surface area contributed by atoms with Gasteiger partial charge >= 0.3 is 0 Å². The minimum absolute atomic E-state index is 0.172. The van der Waals surface area contributed by atoms with E-state index in [0.717, 1.165) is 88.6 Å². The van der Waals surface area contributed by atoms with Crippen molar-refractivity contribution in [2.75, 3.05) is 99.8 Å². The van der Waals surface area contributed by atoms with Crippen LogP contribution in [0.2, 0.25) is 0 Å². The van der Waals surface area contributed by atoms with Crippen molar-refractivity contribution in [1.82, 2.24) is 35.1 Å². The maximum atomic E-state index is 13.5. The molecule has 66 heavy (non-hydrogen) atoms. The highest BCUT2D eigenvalue weighted by atomic mass is 79.9. The van der Waals surface area contributed by atoms with Crippen LogP contribution in [0.1, 0.15) is 62.5 Å². The molecule has 0 radical (unpaired) electrons. The van der Waals surface area contributed by atoms with Crippen molar-refractivity contribution in [1.29, 1.82) is 0 Å². The molecule has 0 bridgehead atoms. The van der Waals surface area contributed by atoms with Gasteiger partial charge in [-0.1, -0.05) is 19.1 Å². The molecule has 0 spiro atoms. The number of fused-ring (bicyclic) bond motifs is 1. The van der Waals surface area contributed by atoms with Crippen LogP contribution in [0.4, 0.5) is 34.5 Å². The Balaban J connectivity index is 0.762. The molecule has 0 saturated carbocycles. The fourth-order valence-electron chi connectivity index (χ4n) is 10.3. The minimum atomic E-state index is -2.77. The molecule has 15 nitrogen and oxygen atoms in total. The third kappa shape index (κ3) is 10.2. The first-order valence-electron chi connectivity index (χ1n) is 23.4. The molecule has 4 saturated heterocycles. The molecule has 3 aromatic carbocycles. The van der Waals surface area contributed by atoms with Crippen molar-refractivity contribution in [3.05, 3.63) is 82.7 Å². The molecule has 2 amide bonds. The van der Waals surface area contributed by atoms with E-state index in [1.807, 2.05) is 12.1 Å². The molecule has 4 aliphatic heterocycles. The highest BCUT2D eigenvalue weighted by molar-refractivity contribution is 9.10. The number of imide groups is 1. The number of aromatic nitrogens is 4. The largest absolute Gasteiger partial charge is 0.494 e. The second kappa shape index (κ2) is 20.0. The number of aryl methyl sites for hydroxylation is 1. The van der Waals surface area contributed by atoms with E-state index >= 15 is 0 Å². The molecule has 4 fully saturated rings. The van der Waals surface area contributed by atoms with Crippen molar-refractivity contribution in [2.24, 2.45) is 5.92 Å². The third-order valence-corrected chi connectivity index (χ3v) is 16.0. The number of amides is 2. The molecular formula is C49H61BrN11O4P. The number of anilines is 6. The van der Waals surface area contributed by atoms with Crippen molar-refractivity contribution in [3.63, 3.8) is 0 Å². The summed E-state index contributed by atoms with van der Waals surface area (Å²) in [6.45, 7) is 15.5. The van der Waals surface area contributed by atoms with Gasteiger partial charge in [-0.15, -0.1) is 0 Å². The molecule has 4 aliphatic rings. The van der Waals surface area contributed by atoms with Gasteiger partial charge in [-0.25, -0.2) is 4.98 Å². The van der Waals surface area contributed by atoms with Crippen molar-refractivity contribution < 1.29 is 18.9 Å². The molecule has 348 valence electrons. The molecule has 0 aliphatic carbocycles. The molecule has 3 N–H and O–H groups in total. The Bertz CT molecular complexity index is 2610. The van der Waals surface area contributed by atoms with Crippen LogP contribution in [0.15, 0.2) is 71.6 Å². The van der Waals surface area contributed by atoms with Gasteiger partial charge in [-0.05, 0) is 115 Å². The first kappa shape index (κ1) is 46.0. The number of piperazine rings is 1. The van der Waals surface area contributed by atoms with Crippen LogP contribution in [0.3, 0.4) is 0 Å². The smallest absolute Gasteiger partial charge is 0.234 e. The maximum absolute atomic E-state index is 13.5. The van der Waals surface area contributed by atoms with Gasteiger partial charge in [0.2, 0.25) is 17.8 Å². The number of carbonyl (C=O) groups excluding carboxylic acids is 2. The Kier molecular flexibility index (Phi) is 13.9. The molecular weight excluding hydrogens is 917 g/mol. The highest BCUT2D eigenvalue weighted by Crippen LogP contribution is 2.42. The van der Waals surface area contributed by atoms with Crippen LogP contribution in [0, 0.1) is 5.92 Å². The van der Waals surface area contributed by atoms with E-state index in [9.17, 15) is 14.2 Å². The lowest BCUT2D eigenvalue weighted by atomic mass is 9.90. The number of carbonyl (C=O) groups is 2. The third-order valence-electron chi connectivity index (χ3n) is 13.9. The average Bonchev–Trinajstić information content (AvgIpc) is 3.32. The zero-order valence-corrected chi connectivity index (χ0v) is 40.9. The lowest BCUT2D eigenvalue weighted by molar-refractivity contribution is -0.134. The maximum Gasteiger partial charge on any atom is 0.234 e. The SMILES string of the molecule is CCc1cc(Nc2ncc(Br)c(Nc3ccc4nccnc4c3P(C)(C)=O)n2)c(OC)cc1N1CCC(N2CCN(CC3CCN(c4ccc(C5CCC(=O)NC5=O)cc4)CC3)CC2)CC1. The molecule has 5 aromatic rings. The predicted octanol–water partition coefficient (Wildman–Crippen LogP) is 7.51. The number of halogens is 1. The van der Waals surface area contributed by atoms with Gasteiger partial charge in [0.05, 0.1) is 39.7 Å². The van der Waals surface area contributed by atoms with Crippen LogP contribution in [-0.4, -0.2) is 127 Å².